The van der Waals surface area contributed by atoms with Crippen molar-refractivity contribution in [3.63, 3.8) is 0 Å². The van der Waals surface area contributed by atoms with Crippen LogP contribution in [0.5, 0.6) is 5.75 Å². The first-order valence-corrected chi connectivity index (χ1v) is 11.1. The number of nitrogens with zero attached hydrogens (tertiary/aromatic N) is 2. The van der Waals surface area contributed by atoms with E-state index in [-0.39, 0.29) is 5.91 Å². The number of guanidine groups is 1. The van der Waals surface area contributed by atoms with Gasteiger partial charge in [0.05, 0.1) is 6.54 Å². The Morgan fingerprint density at radius 3 is 2.39 bits per heavy atom. The quantitative estimate of drug-likeness (QED) is 0.299. The Bertz CT molecular complexity index is 1060. The Morgan fingerprint density at radius 1 is 0.909 bits per heavy atom. The van der Waals surface area contributed by atoms with Crippen LogP contribution in [0.15, 0.2) is 83.9 Å². The van der Waals surface area contributed by atoms with Crippen LogP contribution in [-0.2, 0) is 6.42 Å². The predicted octanol–water partition coefficient (Wildman–Crippen LogP) is 3.84. The molecule has 0 aliphatic heterocycles. The minimum atomic E-state index is 0.0103. The molecule has 6 heteroatoms. The number of aliphatic imine (C=N–C) groups is 1. The van der Waals surface area contributed by atoms with Gasteiger partial charge in [-0.3, -0.25) is 9.79 Å². The van der Waals surface area contributed by atoms with Gasteiger partial charge in [0.25, 0.3) is 5.91 Å². The van der Waals surface area contributed by atoms with E-state index < -0.39 is 0 Å². The lowest BCUT2D eigenvalue weighted by molar-refractivity contribution is 0.0827. The van der Waals surface area contributed by atoms with Crippen LogP contribution in [0, 0.1) is 0 Å². The second-order valence-corrected chi connectivity index (χ2v) is 7.79. The highest BCUT2D eigenvalue weighted by Gasteiger charge is 2.08. The minimum Gasteiger partial charge on any atom is -0.491 e. The SMILES string of the molecule is CN=C(NCCOc1ccccc1-c1ccccc1)NCCc1cccc(C(=O)N(C)C)c1. The number of rotatable bonds is 9. The fourth-order valence-corrected chi connectivity index (χ4v) is 3.44. The van der Waals surface area contributed by atoms with Gasteiger partial charge >= 0.3 is 0 Å². The molecule has 1 amide bonds. The van der Waals surface area contributed by atoms with Gasteiger partial charge in [-0.15, -0.1) is 0 Å². The van der Waals surface area contributed by atoms with E-state index in [0.717, 1.165) is 34.8 Å². The standard InChI is InChI=1S/C27H32N4O2/c1-28-27(29-17-16-21-10-9-13-23(20-21)26(32)31(2)3)30-18-19-33-25-15-8-7-14-24(25)22-11-5-4-6-12-22/h4-15,20H,16-19H2,1-3H3,(H2,28,29,30). The maximum Gasteiger partial charge on any atom is 0.253 e. The van der Waals surface area contributed by atoms with E-state index in [1.807, 2.05) is 60.7 Å². The second kappa shape index (κ2) is 12.3. The Hall–Kier alpha value is -3.80. The zero-order valence-corrected chi connectivity index (χ0v) is 19.5. The molecule has 0 atom stereocenters. The normalized spacial score (nSPS) is 11.1. The summed E-state index contributed by atoms with van der Waals surface area (Å²) in [5.41, 5.74) is 4.02. The number of benzene rings is 3. The molecule has 0 radical (unpaired) electrons. The fourth-order valence-electron chi connectivity index (χ4n) is 3.44. The molecular formula is C27H32N4O2. The topological polar surface area (TPSA) is 66.0 Å². The molecule has 2 N–H and O–H groups in total. The number of hydrogen-bond acceptors (Lipinski definition) is 3. The second-order valence-electron chi connectivity index (χ2n) is 7.79. The van der Waals surface area contributed by atoms with E-state index in [0.29, 0.717) is 25.3 Å². The van der Waals surface area contributed by atoms with Crippen LogP contribution in [0.3, 0.4) is 0 Å². The lowest BCUT2D eigenvalue weighted by Gasteiger charge is -2.15. The van der Waals surface area contributed by atoms with Gasteiger partial charge in [0.15, 0.2) is 5.96 Å². The Morgan fingerprint density at radius 2 is 1.64 bits per heavy atom. The molecule has 0 bridgehead atoms. The van der Waals surface area contributed by atoms with E-state index in [4.69, 9.17) is 4.74 Å². The summed E-state index contributed by atoms with van der Waals surface area (Å²) in [7, 11) is 5.27. The molecule has 3 rings (SSSR count). The van der Waals surface area contributed by atoms with Crippen LogP contribution in [0.1, 0.15) is 15.9 Å². The number of amides is 1. The van der Waals surface area contributed by atoms with Crippen molar-refractivity contribution in [3.05, 3.63) is 90.0 Å². The summed E-state index contributed by atoms with van der Waals surface area (Å²) in [6, 6.07) is 26.0. The highest BCUT2D eigenvalue weighted by Crippen LogP contribution is 2.29. The number of carbonyl (C=O) groups excluding carboxylic acids is 1. The van der Waals surface area contributed by atoms with E-state index >= 15 is 0 Å². The van der Waals surface area contributed by atoms with Gasteiger partial charge < -0.3 is 20.3 Å². The van der Waals surface area contributed by atoms with Gasteiger partial charge in [0, 0.05) is 38.8 Å². The van der Waals surface area contributed by atoms with Gasteiger partial charge in [-0.25, -0.2) is 0 Å². The third-order valence-corrected chi connectivity index (χ3v) is 5.13. The average molecular weight is 445 g/mol. The van der Waals surface area contributed by atoms with Crippen molar-refractivity contribution in [2.24, 2.45) is 4.99 Å². The Kier molecular flexibility index (Phi) is 8.88. The third-order valence-electron chi connectivity index (χ3n) is 5.13. The molecular weight excluding hydrogens is 412 g/mol. The molecule has 0 aliphatic rings. The summed E-state index contributed by atoms with van der Waals surface area (Å²) in [6.45, 7) is 1.84. The number of carbonyl (C=O) groups is 1. The van der Waals surface area contributed by atoms with Crippen molar-refractivity contribution >= 4 is 11.9 Å². The van der Waals surface area contributed by atoms with Crippen LogP contribution in [0.4, 0.5) is 0 Å². The summed E-state index contributed by atoms with van der Waals surface area (Å²) in [6.07, 6.45) is 0.788. The van der Waals surface area contributed by atoms with Gasteiger partial charge in [0.1, 0.15) is 12.4 Å². The number of nitrogens with one attached hydrogen (secondary N) is 2. The molecule has 172 valence electrons. The van der Waals surface area contributed by atoms with Crippen molar-refractivity contribution in [2.45, 2.75) is 6.42 Å². The molecule has 0 aliphatic carbocycles. The van der Waals surface area contributed by atoms with Crippen LogP contribution < -0.4 is 15.4 Å². The van der Waals surface area contributed by atoms with Crippen LogP contribution in [0.25, 0.3) is 11.1 Å². The van der Waals surface area contributed by atoms with Crippen LogP contribution in [0.2, 0.25) is 0 Å². The largest absolute Gasteiger partial charge is 0.491 e. The number of para-hydroxylation sites is 1. The molecule has 0 heterocycles. The average Bonchev–Trinajstić information content (AvgIpc) is 2.86. The Labute approximate surface area is 196 Å². The maximum absolute atomic E-state index is 12.1. The lowest BCUT2D eigenvalue weighted by Crippen LogP contribution is -2.40. The number of hydrogen-bond donors (Lipinski definition) is 2. The van der Waals surface area contributed by atoms with Gasteiger partial charge in [0.2, 0.25) is 0 Å². The molecule has 0 fully saturated rings. The predicted molar refractivity (Wildman–Crippen MR) is 135 cm³/mol. The molecule has 0 saturated heterocycles. The zero-order chi connectivity index (χ0) is 23.5. The molecule has 0 aromatic heterocycles. The zero-order valence-electron chi connectivity index (χ0n) is 19.5. The molecule has 3 aromatic rings. The summed E-state index contributed by atoms with van der Waals surface area (Å²) in [5, 5.41) is 6.60. The first kappa shape index (κ1) is 23.9. The van der Waals surface area contributed by atoms with Gasteiger partial charge in [-0.2, -0.15) is 0 Å². The van der Waals surface area contributed by atoms with Crippen LogP contribution in [-0.4, -0.2) is 57.6 Å². The van der Waals surface area contributed by atoms with Gasteiger partial charge in [-0.1, -0.05) is 60.7 Å². The number of ether oxygens (including phenoxy) is 1. The molecule has 0 saturated carbocycles. The lowest BCUT2D eigenvalue weighted by atomic mass is 10.1. The maximum atomic E-state index is 12.1. The monoisotopic (exact) mass is 444 g/mol. The van der Waals surface area contributed by atoms with Crippen molar-refractivity contribution in [3.8, 4) is 16.9 Å². The molecule has 6 nitrogen and oxygen atoms in total. The first-order chi connectivity index (χ1) is 16.1. The van der Waals surface area contributed by atoms with E-state index in [1.165, 1.54) is 0 Å². The van der Waals surface area contributed by atoms with Crippen molar-refractivity contribution in [2.75, 3.05) is 40.8 Å². The molecule has 3 aromatic carbocycles. The van der Waals surface area contributed by atoms with E-state index in [2.05, 4.69) is 33.8 Å². The van der Waals surface area contributed by atoms with Crippen molar-refractivity contribution < 1.29 is 9.53 Å². The molecule has 0 unspecified atom stereocenters. The molecule has 33 heavy (non-hydrogen) atoms. The van der Waals surface area contributed by atoms with E-state index in [1.54, 1.807) is 26.0 Å². The first-order valence-electron chi connectivity index (χ1n) is 11.1. The Balaban J connectivity index is 1.44. The third kappa shape index (κ3) is 7.10. The summed E-state index contributed by atoms with van der Waals surface area (Å²) in [5.74, 6) is 1.59. The summed E-state index contributed by atoms with van der Waals surface area (Å²) < 4.78 is 6.03. The molecule has 0 spiro atoms. The van der Waals surface area contributed by atoms with Crippen molar-refractivity contribution in [1.82, 2.24) is 15.5 Å². The highest BCUT2D eigenvalue weighted by molar-refractivity contribution is 5.94. The summed E-state index contributed by atoms with van der Waals surface area (Å²) in [4.78, 5) is 18.0. The van der Waals surface area contributed by atoms with Crippen molar-refractivity contribution in [1.29, 1.82) is 0 Å². The fraction of sp³-hybridized carbons (Fsp3) is 0.259. The van der Waals surface area contributed by atoms with Gasteiger partial charge in [-0.05, 0) is 35.7 Å². The summed E-state index contributed by atoms with van der Waals surface area (Å²) >= 11 is 0. The highest BCUT2D eigenvalue weighted by atomic mass is 16.5. The smallest absolute Gasteiger partial charge is 0.253 e. The minimum absolute atomic E-state index is 0.0103. The van der Waals surface area contributed by atoms with E-state index in [9.17, 15) is 4.79 Å². The van der Waals surface area contributed by atoms with Crippen LogP contribution >= 0.6 is 0 Å².